The molecule has 1 aliphatic rings. The molecular formula is C14H21FN2. The molecule has 1 aromatic rings. The van der Waals surface area contributed by atoms with Crippen LogP contribution >= 0.6 is 0 Å². The van der Waals surface area contributed by atoms with Gasteiger partial charge in [-0.15, -0.1) is 0 Å². The number of rotatable bonds is 3. The van der Waals surface area contributed by atoms with Crippen molar-refractivity contribution in [2.45, 2.75) is 32.4 Å². The Morgan fingerprint density at radius 2 is 2.06 bits per heavy atom. The van der Waals surface area contributed by atoms with E-state index in [-0.39, 0.29) is 5.82 Å². The van der Waals surface area contributed by atoms with E-state index in [0.717, 1.165) is 13.1 Å². The summed E-state index contributed by atoms with van der Waals surface area (Å²) in [6.45, 7) is 6.24. The lowest BCUT2D eigenvalue weighted by molar-refractivity contribution is 0.200. The van der Waals surface area contributed by atoms with Crippen molar-refractivity contribution in [2.75, 3.05) is 13.1 Å². The van der Waals surface area contributed by atoms with Gasteiger partial charge < -0.3 is 5.73 Å². The molecule has 2 rings (SSSR count). The Morgan fingerprint density at radius 3 is 2.59 bits per heavy atom. The molecule has 0 saturated carbocycles. The molecule has 1 heterocycles. The van der Waals surface area contributed by atoms with Crippen LogP contribution in [0.3, 0.4) is 0 Å². The van der Waals surface area contributed by atoms with Gasteiger partial charge in [0.1, 0.15) is 5.82 Å². The molecule has 17 heavy (non-hydrogen) atoms. The Morgan fingerprint density at radius 1 is 1.41 bits per heavy atom. The summed E-state index contributed by atoms with van der Waals surface area (Å²) in [6, 6.07) is 7.72. The molecular weight excluding hydrogens is 215 g/mol. The normalized spacial score (nSPS) is 27.3. The van der Waals surface area contributed by atoms with Crippen LogP contribution in [0, 0.1) is 11.7 Å². The molecule has 2 N–H and O–H groups in total. The molecule has 0 bridgehead atoms. The van der Waals surface area contributed by atoms with Gasteiger partial charge in [-0.1, -0.05) is 12.1 Å². The molecule has 2 nitrogen and oxygen atoms in total. The zero-order valence-corrected chi connectivity index (χ0v) is 10.6. The van der Waals surface area contributed by atoms with E-state index >= 15 is 0 Å². The second kappa shape index (κ2) is 5.15. The highest BCUT2D eigenvalue weighted by Crippen LogP contribution is 2.31. The molecule has 1 saturated heterocycles. The van der Waals surface area contributed by atoms with Crippen molar-refractivity contribution in [3.8, 4) is 0 Å². The standard InChI is InChI=1S/C14H21FN2/c1-10-7-12(8-16)9-17(10)11(2)13-3-5-14(15)6-4-13/h3-6,10-12H,7-9,16H2,1-2H3. The van der Waals surface area contributed by atoms with E-state index in [9.17, 15) is 4.39 Å². The van der Waals surface area contributed by atoms with Crippen LogP contribution < -0.4 is 5.73 Å². The smallest absolute Gasteiger partial charge is 0.123 e. The van der Waals surface area contributed by atoms with Gasteiger partial charge in [-0.05, 0) is 50.4 Å². The van der Waals surface area contributed by atoms with Gasteiger partial charge in [0.25, 0.3) is 0 Å². The van der Waals surface area contributed by atoms with Crippen LogP contribution in [-0.2, 0) is 0 Å². The fraction of sp³-hybridized carbons (Fsp3) is 0.571. The third-order valence-corrected chi connectivity index (χ3v) is 3.89. The zero-order valence-electron chi connectivity index (χ0n) is 10.6. The van der Waals surface area contributed by atoms with E-state index in [4.69, 9.17) is 5.73 Å². The Bertz CT molecular complexity index is 363. The Labute approximate surface area is 103 Å². The molecule has 0 spiro atoms. The maximum atomic E-state index is 12.9. The average Bonchev–Trinajstić information content (AvgIpc) is 2.71. The molecule has 1 aliphatic heterocycles. The monoisotopic (exact) mass is 236 g/mol. The summed E-state index contributed by atoms with van der Waals surface area (Å²) < 4.78 is 12.9. The molecule has 1 aromatic carbocycles. The number of hydrogen-bond acceptors (Lipinski definition) is 2. The van der Waals surface area contributed by atoms with Crippen molar-refractivity contribution in [1.82, 2.24) is 4.90 Å². The molecule has 0 aliphatic carbocycles. The van der Waals surface area contributed by atoms with Gasteiger partial charge in [0.05, 0.1) is 0 Å². The molecule has 3 heteroatoms. The average molecular weight is 236 g/mol. The van der Waals surface area contributed by atoms with Crippen LogP contribution in [0.25, 0.3) is 0 Å². The van der Waals surface area contributed by atoms with Gasteiger partial charge in [-0.3, -0.25) is 4.90 Å². The second-order valence-electron chi connectivity index (χ2n) is 5.11. The van der Waals surface area contributed by atoms with Crippen LogP contribution in [0.2, 0.25) is 0 Å². The molecule has 0 aromatic heterocycles. The predicted molar refractivity (Wildman–Crippen MR) is 68.1 cm³/mol. The van der Waals surface area contributed by atoms with Crippen LogP contribution in [0.1, 0.15) is 31.9 Å². The van der Waals surface area contributed by atoms with Crippen LogP contribution in [-0.4, -0.2) is 24.0 Å². The molecule has 94 valence electrons. The van der Waals surface area contributed by atoms with E-state index in [2.05, 4.69) is 18.7 Å². The van der Waals surface area contributed by atoms with Gasteiger partial charge in [0, 0.05) is 18.6 Å². The van der Waals surface area contributed by atoms with E-state index in [1.54, 1.807) is 0 Å². The third kappa shape index (κ3) is 2.67. The van der Waals surface area contributed by atoms with E-state index in [0.29, 0.717) is 18.0 Å². The third-order valence-electron chi connectivity index (χ3n) is 3.89. The minimum absolute atomic E-state index is 0.171. The summed E-state index contributed by atoms with van der Waals surface area (Å²) in [7, 11) is 0. The largest absolute Gasteiger partial charge is 0.330 e. The lowest BCUT2D eigenvalue weighted by Gasteiger charge is -2.29. The van der Waals surface area contributed by atoms with Gasteiger partial charge in [-0.2, -0.15) is 0 Å². The maximum absolute atomic E-state index is 12.9. The number of halogens is 1. The van der Waals surface area contributed by atoms with Gasteiger partial charge in [0.15, 0.2) is 0 Å². The lowest BCUT2D eigenvalue weighted by Crippen LogP contribution is -2.30. The number of benzene rings is 1. The summed E-state index contributed by atoms with van der Waals surface area (Å²) in [5, 5.41) is 0. The topological polar surface area (TPSA) is 29.3 Å². The minimum atomic E-state index is -0.171. The first-order valence-electron chi connectivity index (χ1n) is 6.33. The van der Waals surface area contributed by atoms with Crippen molar-refractivity contribution in [2.24, 2.45) is 11.7 Å². The molecule has 0 radical (unpaired) electrons. The number of nitrogens with two attached hydrogens (primary N) is 1. The quantitative estimate of drug-likeness (QED) is 0.874. The summed E-state index contributed by atoms with van der Waals surface area (Å²) in [5.74, 6) is 0.433. The van der Waals surface area contributed by atoms with Crippen LogP contribution in [0.5, 0.6) is 0 Å². The first kappa shape index (κ1) is 12.5. The van der Waals surface area contributed by atoms with E-state index < -0.39 is 0 Å². The highest BCUT2D eigenvalue weighted by Gasteiger charge is 2.31. The van der Waals surface area contributed by atoms with E-state index in [1.807, 2.05) is 12.1 Å². The van der Waals surface area contributed by atoms with Crippen molar-refractivity contribution in [1.29, 1.82) is 0 Å². The maximum Gasteiger partial charge on any atom is 0.123 e. The summed E-state index contributed by atoms with van der Waals surface area (Å²) in [6.07, 6.45) is 1.17. The summed E-state index contributed by atoms with van der Waals surface area (Å²) in [4.78, 5) is 2.46. The molecule has 3 atom stereocenters. The molecule has 3 unspecified atom stereocenters. The fourth-order valence-electron chi connectivity index (χ4n) is 2.81. The Kier molecular flexibility index (Phi) is 3.79. The second-order valence-corrected chi connectivity index (χ2v) is 5.11. The summed E-state index contributed by atoms with van der Waals surface area (Å²) in [5.41, 5.74) is 6.92. The van der Waals surface area contributed by atoms with Gasteiger partial charge in [-0.25, -0.2) is 4.39 Å². The van der Waals surface area contributed by atoms with Crippen molar-refractivity contribution < 1.29 is 4.39 Å². The van der Waals surface area contributed by atoms with Gasteiger partial charge in [0.2, 0.25) is 0 Å². The first-order chi connectivity index (χ1) is 8.11. The van der Waals surface area contributed by atoms with Crippen LogP contribution in [0.4, 0.5) is 4.39 Å². The molecule has 0 amide bonds. The number of hydrogen-bond donors (Lipinski definition) is 1. The number of likely N-dealkylation sites (tertiary alicyclic amines) is 1. The SMILES string of the molecule is CC1CC(CN)CN1C(C)c1ccc(F)cc1. The fourth-order valence-corrected chi connectivity index (χ4v) is 2.81. The number of nitrogens with zero attached hydrogens (tertiary/aromatic N) is 1. The predicted octanol–water partition coefficient (Wildman–Crippen LogP) is 2.56. The highest BCUT2D eigenvalue weighted by atomic mass is 19.1. The minimum Gasteiger partial charge on any atom is -0.330 e. The van der Waals surface area contributed by atoms with E-state index in [1.165, 1.54) is 24.1 Å². The Balaban J connectivity index is 2.09. The van der Waals surface area contributed by atoms with Gasteiger partial charge >= 0.3 is 0 Å². The summed E-state index contributed by atoms with van der Waals surface area (Å²) >= 11 is 0. The Hall–Kier alpha value is -0.930. The lowest BCUT2D eigenvalue weighted by atomic mass is 10.1. The zero-order chi connectivity index (χ0) is 12.4. The highest BCUT2D eigenvalue weighted by molar-refractivity contribution is 5.20. The van der Waals surface area contributed by atoms with Crippen LogP contribution in [0.15, 0.2) is 24.3 Å². The molecule has 1 fully saturated rings. The van der Waals surface area contributed by atoms with Crippen molar-refractivity contribution in [3.05, 3.63) is 35.6 Å². The first-order valence-corrected chi connectivity index (χ1v) is 6.33. The van der Waals surface area contributed by atoms with Crippen molar-refractivity contribution >= 4 is 0 Å². The van der Waals surface area contributed by atoms with Crippen molar-refractivity contribution in [3.63, 3.8) is 0 Å².